The van der Waals surface area contributed by atoms with Crippen LogP contribution in [0.25, 0.3) is 10.9 Å². The van der Waals surface area contributed by atoms with Crippen LogP contribution in [0.2, 0.25) is 0 Å². The molecule has 2 aromatic rings. The van der Waals surface area contributed by atoms with Gasteiger partial charge in [0.05, 0.1) is 0 Å². The number of unbranched alkanes of at least 4 members (excludes halogenated alkanes) is 4. The molecule has 0 spiro atoms. The summed E-state index contributed by atoms with van der Waals surface area (Å²) in [6.07, 6.45) is 9.12. The van der Waals surface area contributed by atoms with E-state index in [2.05, 4.69) is 17.2 Å². The largest absolute Gasteiger partial charge is 0.460 e. The van der Waals surface area contributed by atoms with Crippen molar-refractivity contribution in [1.29, 1.82) is 0 Å². The molecule has 34 heavy (non-hydrogen) atoms. The van der Waals surface area contributed by atoms with Crippen LogP contribution in [-0.2, 0) is 9.53 Å². The maximum absolute atomic E-state index is 12.6. The predicted octanol–water partition coefficient (Wildman–Crippen LogP) is 6.02. The lowest BCUT2D eigenvalue weighted by atomic mass is 9.92. The minimum absolute atomic E-state index is 0.112. The number of carbonyl (C=O) groups excluding carboxylic acids is 2. The Balaban J connectivity index is 1.79. The van der Waals surface area contributed by atoms with Crippen molar-refractivity contribution < 1.29 is 14.3 Å². The molecule has 1 unspecified atom stereocenters. The number of nitrogens with one attached hydrogen (secondary N) is 2. The smallest absolute Gasteiger partial charge is 0.306 e. The average molecular weight is 488 g/mol. The van der Waals surface area contributed by atoms with Crippen LogP contribution in [-0.4, -0.2) is 34.0 Å². The van der Waals surface area contributed by atoms with Gasteiger partial charge in [0.25, 0.3) is 5.91 Å². The Morgan fingerprint density at radius 2 is 1.79 bits per heavy atom. The fourth-order valence-corrected chi connectivity index (χ4v) is 4.22. The molecule has 188 valence electrons. The normalized spacial score (nSPS) is 12.5. The molecule has 0 aliphatic heterocycles. The van der Waals surface area contributed by atoms with Crippen molar-refractivity contribution in [2.24, 2.45) is 11.7 Å². The van der Waals surface area contributed by atoms with E-state index in [4.69, 9.17) is 22.7 Å². The summed E-state index contributed by atoms with van der Waals surface area (Å²) in [7, 11) is 0. The van der Waals surface area contributed by atoms with Gasteiger partial charge in [-0.25, -0.2) is 0 Å². The lowest BCUT2D eigenvalue weighted by molar-refractivity contribution is -0.156. The summed E-state index contributed by atoms with van der Waals surface area (Å²) in [6, 6.07) is 7.43. The molecule has 0 radical (unpaired) electrons. The van der Waals surface area contributed by atoms with E-state index in [1.807, 2.05) is 45.0 Å². The number of hydrogen-bond donors (Lipinski definition) is 3. The molecule has 1 amide bonds. The molecule has 0 fully saturated rings. The first kappa shape index (κ1) is 27.8. The predicted molar refractivity (Wildman–Crippen MR) is 143 cm³/mol. The highest BCUT2D eigenvalue weighted by molar-refractivity contribution is 7.80. The minimum atomic E-state index is -0.450. The first-order valence-corrected chi connectivity index (χ1v) is 12.9. The summed E-state index contributed by atoms with van der Waals surface area (Å²) in [5.74, 6) is 0.0931. The quantitative estimate of drug-likeness (QED) is 0.172. The van der Waals surface area contributed by atoms with Crippen molar-refractivity contribution in [2.75, 3.05) is 6.54 Å². The topological polar surface area (TPSA) is 97.2 Å². The SMILES string of the molecule is CCCCCCC(CCCCNC(=O)c1cc2cc(C(N)=S)ccc2[nH]1)CC(=O)OC(C)(C)C. The van der Waals surface area contributed by atoms with Crippen molar-refractivity contribution in [3.63, 3.8) is 0 Å². The average Bonchev–Trinajstić information content (AvgIpc) is 3.18. The van der Waals surface area contributed by atoms with Crippen LogP contribution >= 0.6 is 12.2 Å². The fourth-order valence-electron chi connectivity index (χ4n) is 4.09. The molecule has 0 aliphatic carbocycles. The van der Waals surface area contributed by atoms with Crippen LogP contribution in [0.1, 0.15) is 102 Å². The molecule has 2 rings (SSSR count). The molecule has 6 nitrogen and oxygen atoms in total. The number of nitrogens with two attached hydrogens (primary N) is 1. The van der Waals surface area contributed by atoms with Crippen LogP contribution < -0.4 is 11.1 Å². The first-order valence-electron chi connectivity index (χ1n) is 12.5. The number of fused-ring (bicyclic) bond motifs is 1. The summed E-state index contributed by atoms with van der Waals surface area (Å²) >= 11 is 5.03. The molecule has 0 bridgehead atoms. The van der Waals surface area contributed by atoms with E-state index in [-0.39, 0.29) is 11.9 Å². The molecule has 4 N–H and O–H groups in total. The van der Waals surface area contributed by atoms with Gasteiger partial charge in [-0.15, -0.1) is 0 Å². The maximum Gasteiger partial charge on any atom is 0.306 e. The number of thiocarbonyl (C=S) groups is 1. The van der Waals surface area contributed by atoms with E-state index in [9.17, 15) is 9.59 Å². The Morgan fingerprint density at radius 3 is 2.44 bits per heavy atom. The van der Waals surface area contributed by atoms with E-state index in [1.165, 1.54) is 19.3 Å². The molecular formula is C27H41N3O3S. The number of H-pyrrole nitrogens is 1. The molecule has 1 aromatic heterocycles. The zero-order valence-electron chi connectivity index (χ0n) is 21.2. The number of esters is 1. The van der Waals surface area contributed by atoms with Crippen LogP contribution in [0, 0.1) is 5.92 Å². The fraction of sp³-hybridized carbons (Fsp3) is 0.593. The van der Waals surface area contributed by atoms with Crippen molar-refractivity contribution in [1.82, 2.24) is 10.3 Å². The summed E-state index contributed by atoms with van der Waals surface area (Å²) in [5.41, 5.74) is 7.42. The van der Waals surface area contributed by atoms with Crippen LogP contribution in [0.3, 0.4) is 0 Å². The number of aromatic nitrogens is 1. The monoisotopic (exact) mass is 487 g/mol. The van der Waals surface area contributed by atoms with Gasteiger partial charge in [0, 0.05) is 29.4 Å². The second kappa shape index (κ2) is 13.5. The lowest BCUT2D eigenvalue weighted by Gasteiger charge is -2.22. The van der Waals surface area contributed by atoms with Gasteiger partial charge in [0.15, 0.2) is 0 Å². The summed E-state index contributed by atoms with van der Waals surface area (Å²) in [4.78, 5) is 28.4. The van der Waals surface area contributed by atoms with Crippen molar-refractivity contribution in [3.05, 3.63) is 35.5 Å². The number of ether oxygens (including phenoxy) is 1. The third kappa shape index (κ3) is 9.84. The van der Waals surface area contributed by atoms with Crippen molar-refractivity contribution >= 4 is 40.0 Å². The molecule has 1 atom stereocenters. The number of rotatable bonds is 14. The van der Waals surface area contributed by atoms with E-state index in [1.54, 1.807) is 0 Å². The summed E-state index contributed by atoms with van der Waals surface area (Å²) in [6.45, 7) is 8.52. The van der Waals surface area contributed by atoms with Gasteiger partial charge >= 0.3 is 5.97 Å². The second-order valence-electron chi connectivity index (χ2n) is 10.1. The Kier molecular flexibility index (Phi) is 11.0. The van der Waals surface area contributed by atoms with Gasteiger partial charge in [-0.3, -0.25) is 9.59 Å². The van der Waals surface area contributed by atoms with Gasteiger partial charge in [0.1, 0.15) is 16.3 Å². The zero-order valence-corrected chi connectivity index (χ0v) is 22.0. The van der Waals surface area contributed by atoms with Gasteiger partial charge in [-0.05, 0) is 70.2 Å². The summed E-state index contributed by atoms with van der Waals surface area (Å²) < 4.78 is 5.54. The first-order chi connectivity index (χ1) is 16.1. The third-order valence-corrected chi connectivity index (χ3v) is 6.05. The van der Waals surface area contributed by atoms with Crippen LogP contribution in [0.4, 0.5) is 0 Å². The molecule has 1 heterocycles. The third-order valence-electron chi connectivity index (χ3n) is 5.82. The number of carbonyl (C=O) groups is 2. The van der Waals surface area contributed by atoms with Gasteiger partial charge in [0.2, 0.25) is 0 Å². The minimum Gasteiger partial charge on any atom is -0.460 e. The lowest BCUT2D eigenvalue weighted by Crippen LogP contribution is -2.26. The number of aromatic amines is 1. The highest BCUT2D eigenvalue weighted by Gasteiger charge is 2.20. The molecule has 7 heteroatoms. The zero-order chi connectivity index (χ0) is 25.1. The summed E-state index contributed by atoms with van der Waals surface area (Å²) in [5, 5.41) is 3.90. The van der Waals surface area contributed by atoms with E-state index in [0.717, 1.165) is 48.6 Å². The Labute approximate surface area is 209 Å². The molecular weight excluding hydrogens is 446 g/mol. The molecule has 0 aliphatic rings. The Morgan fingerprint density at radius 1 is 1.09 bits per heavy atom. The molecule has 1 aromatic carbocycles. The Hall–Kier alpha value is -2.41. The standard InChI is InChI=1S/C27H41N3O3S/c1-5-6-7-8-11-19(16-24(31)33-27(2,3)4)12-9-10-15-29-26(32)23-18-21-17-20(25(28)34)13-14-22(21)30-23/h13-14,17-19,30H,5-12,15-16H2,1-4H3,(H2,28,34)(H,29,32). The molecule has 0 saturated carbocycles. The van der Waals surface area contributed by atoms with Crippen LogP contribution in [0.5, 0.6) is 0 Å². The Bertz CT molecular complexity index is 962. The second-order valence-corrected chi connectivity index (χ2v) is 10.5. The van der Waals surface area contributed by atoms with E-state index < -0.39 is 5.60 Å². The van der Waals surface area contributed by atoms with E-state index >= 15 is 0 Å². The number of hydrogen-bond acceptors (Lipinski definition) is 4. The molecule has 0 saturated heterocycles. The highest BCUT2D eigenvalue weighted by atomic mass is 32.1. The van der Waals surface area contributed by atoms with Crippen molar-refractivity contribution in [3.8, 4) is 0 Å². The van der Waals surface area contributed by atoms with Gasteiger partial charge in [-0.1, -0.05) is 51.2 Å². The van der Waals surface area contributed by atoms with E-state index in [0.29, 0.717) is 29.6 Å². The van der Waals surface area contributed by atoms with Gasteiger partial charge in [-0.2, -0.15) is 0 Å². The highest BCUT2D eigenvalue weighted by Crippen LogP contribution is 2.23. The number of amides is 1. The maximum atomic E-state index is 12.6. The van der Waals surface area contributed by atoms with Crippen molar-refractivity contribution in [2.45, 2.75) is 91.1 Å². The van der Waals surface area contributed by atoms with Gasteiger partial charge < -0.3 is 20.8 Å². The number of benzene rings is 1. The van der Waals surface area contributed by atoms with Crippen LogP contribution in [0.15, 0.2) is 24.3 Å².